The van der Waals surface area contributed by atoms with E-state index < -0.39 is 0 Å². The molecule has 1 aromatic rings. The zero-order chi connectivity index (χ0) is 14.3. The third-order valence-electron chi connectivity index (χ3n) is 3.47. The van der Waals surface area contributed by atoms with Crippen LogP contribution in [0.1, 0.15) is 31.4 Å². The van der Waals surface area contributed by atoms with E-state index in [0.29, 0.717) is 0 Å². The second kappa shape index (κ2) is 7.51. The summed E-state index contributed by atoms with van der Waals surface area (Å²) in [6.45, 7) is 9.36. The van der Waals surface area contributed by atoms with Crippen LogP contribution in [0.5, 0.6) is 5.75 Å². The second-order valence-corrected chi connectivity index (χ2v) is 5.93. The fraction of sp³-hybridized carbons (Fsp3) is 0.625. The Kier molecular flexibility index (Phi) is 6.32. The van der Waals surface area contributed by atoms with Crippen LogP contribution >= 0.6 is 0 Å². The summed E-state index contributed by atoms with van der Waals surface area (Å²) in [6.07, 6.45) is 2.10. The first-order valence-corrected chi connectivity index (χ1v) is 7.03. The molecular weight excluding hydrogens is 236 g/mol. The van der Waals surface area contributed by atoms with Crippen molar-refractivity contribution in [2.24, 2.45) is 11.1 Å². The van der Waals surface area contributed by atoms with E-state index in [4.69, 9.17) is 10.5 Å². The van der Waals surface area contributed by atoms with E-state index in [1.165, 1.54) is 11.1 Å². The van der Waals surface area contributed by atoms with Crippen molar-refractivity contribution < 1.29 is 4.74 Å². The van der Waals surface area contributed by atoms with Gasteiger partial charge in [-0.15, -0.1) is 0 Å². The highest BCUT2D eigenvalue weighted by molar-refractivity contribution is 5.36. The van der Waals surface area contributed by atoms with Crippen LogP contribution in [0.15, 0.2) is 18.2 Å². The monoisotopic (exact) mass is 264 g/mol. The van der Waals surface area contributed by atoms with Crippen LogP contribution in [-0.2, 0) is 6.42 Å². The molecular formula is C16H28N2O. The van der Waals surface area contributed by atoms with E-state index in [2.05, 4.69) is 38.2 Å². The topological polar surface area (TPSA) is 47.3 Å². The Hall–Kier alpha value is -1.06. The Morgan fingerprint density at radius 2 is 2.05 bits per heavy atom. The van der Waals surface area contributed by atoms with Gasteiger partial charge in [-0.1, -0.05) is 26.0 Å². The number of ether oxygens (including phenoxy) is 1. The maximum absolute atomic E-state index is 5.61. The van der Waals surface area contributed by atoms with Gasteiger partial charge >= 0.3 is 0 Å². The van der Waals surface area contributed by atoms with Gasteiger partial charge in [0.2, 0.25) is 0 Å². The number of benzene rings is 1. The third-order valence-corrected chi connectivity index (χ3v) is 3.47. The van der Waals surface area contributed by atoms with Crippen LogP contribution in [0.4, 0.5) is 0 Å². The molecule has 0 aliphatic carbocycles. The number of nitrogens with two attached hydrogens (primary N) is 1. The minimum atomic E-state index is 0.282. The summed E-state index contributed by atoms with van der Waals surface area (Å²) in [6, 6.07) is 6.38. The van der Waals surface area contributed by atoms with Crippen LogP contribution in [0.25, 0.3) is 0 Å². The van der Waals surface area contributed by atoms with E-state index in [9.17, 15) is 0 Å². The standard InChI is InChI=1S/C16H28N2O/c1-13-11-14(5-6-15(13)19-4)7-10-18-12-16(2,3)8-9-17/h5-6,11,18H,7-10,12,17H2,1-4H3. The van der Waals surface area contributed by atoms with Gasteiger partial charge in [-0.05, 0) is 55.5 Å². The van der Waals surface area contributed by atoms with Crippen molar-refractivity contribution in [1.29, 1.82) is 0 Å². The molecule has 0 atom stereocenters. The highest BCUT2D eigenvalue weighted by Gasteiger charge is 2.15. The molecule has 0 saturated heterocycles. The molecule has 108 valence electrons. The van der Waals surface area contributed by atoms with Crippen molar-refractivity contribution in [1.82, 2.24) is 5.32 Å². The van der Waals surface area contributed by atoms with Gasteiger partial charge in [0.25, 0.3) is 0 Å². The van der Waals surface area contributed by atoms with E-state index in [0.717, 1.165) is 38.2 Å². The Labute approximate surface area is 117 Å². The normalized spacial score (nSPS) is 11.6. The van der Waals surface area contributed by atoms with Crippen LogP contribution in [0.2, 0.25) is 0 Å². The van der Waals surface area contributed by atoms with Crippen molar-refractivity contribution in [3.63, 3.8) is 0 Å². The fourth-order valence-electron chi connectivity index (χ4n) is 2.23. The molecule has 0 unspecified atom stereocenters. The molecule has 0 spiro atoms. The summed E-state index contributed by atoms with van der Waals surface area (Å²) in [7, 11) is 1.71. The first-order valence-electron chi connectivity index (χ1n) is 7.03. The molecule has 0 saturated carbocycles. The molecule has 3 nitrogen and oxygen atoms in total. The van der Waals surface area contributed by atoms with Crippen LogP contribution < -0.4 is 15.8 Å². The molecule has 0 aromatic heterocycles. The zero-order valence-electron chi connectivity index (χ0n) is 12.8. The SMILES string of the molecule is COc1ccc(CCNCC(C)(C)CCN)cc1C. The van der Waals surface area contributed by atoms with Crippen molar-refractivity contribution >= 4 is 0 Å². The molecule has 0 heterocycles. The minimum Gasteiger partial charge on any atom is -0.496 e. The Morgan fingerprint density at radius 3 is 2.63 bits per heavy atom. The van der Waals surface area contributed by atoms with Gasteiger partial charge in [-0.25, -0.2) is 0 Å². The summed E-state index contributed by atoms with van der Waals surface area (Å²) in [4.78, 5) is 0. The average Bonchev–Trinajstić information content (AvgIpc) is 2.35. The Bertz CT molecular complexity index is 388. The molecule has 1 aromatic carbocycles. The first-order chi connectivity index (χ1) is 8.98. The highest BCUT2D eigenvalue weighted by atomic mass is 16.5. The van der Waals surface area contributed by atoms with E-state index >= 15 is 0 Å². The van der Waals surface area contributed by atoms with Crippen LogP contribution in [-0.4, -0.2) is 26.7 Å². The molecule has 0 bridgehead atoms. The lowest BCUT2D eigenvalue weighted by Crippen LogP contribution is -2.32. The largest absolute Gasteiger partial charge is 0.496 e. The maximum atomic E-state index is 5.61. The lowest BCUT2D eigenvalue weighted by atomic mass is 9.89. The number of hydrogen-bond acceptors (Lipinski definition) is 3. The number of methoxy groups -OCH3 is 1. The second-order valence-electron chi connectivity index (χ2n) is 5.93. The van der Waals surface area contributed by atoms with Crippen molar-refractivity contribution in [2.45, 2.75) is 33.6 Å². The number of rotatable bonds is 8. The molecule has 19 heavy (non-hydrogen) atoms. The van der Waals surface area contributed by atoms with Crippen molar-refractivity contribution in [3.8, 4) is 5.75 Å². The van der Waals surface area contributed by atoms with Gasteiger partial charge < -0.3 is 15.8 Å². The number of aryl methyl sites for hydroxylation is 1. The Balaban J connectivity index is 2.35. The quantitative estimate of drug-likeness (QED) is 0.709. The first kappa shape index (κ1) is 16.0. The molecule has 0 aliphatic rings. The molecule has 0 radical (unpaired) electrons. The molecule has 0 fully saturated rings. The van der Waals surface area contributed by atoms with Crippen LogP contribution in [0.3, 0.4) is 0 Å². The van der Waals surface area contributed by atoms with E-state index in [1.807, 2.05) is 6.07 Å². The lowest BCUT2D eigenvalue weighted by molar-refractivity contribution is 0.321. The third kappa shape index (κ3) is 5.62. The van der Waals surface area contributed by atoms with Gasteiger partial charge in [0.1, 0.15) is 5.75 Å². The maximum Gasteiger partial charge on any atom is 0.121 e. The Morgan fingerprint density at radius 1 is 1.32 bits per heavy atom. The summed E-state index contributed by atoms with van der Waals surface area (Å²) in [5.41, 5.74) is 8.44. The zero-order valence-corrected chi connectivity index (χ0v) is 12.8. The average molecular weight is 264 g/mol. The summed E-state index contributed by atoms with van der Waals surface area (Å²) in [5, 5.41) is 3.52. The van der Waals surface area contributed by atoms with Crippen molar-refractivity contribution in [2.75, 3.05) is 26.7 Å². The molecule has 1 rings (SSSR count). The summed E-state index contributed by atoms with van der Waals surface area (Å²) in [5.74, 6) is 0.959. The van der Waals surface area contributed by atoms with Crippen LogP contribution in [0, 0.1) is 12.3 Å². The van der Waals surface area contributed by atoms with Gasteiger partial charge in [0, 0.05) is 6.54 Å². The number of hydrogen-bond donors (Lipinski definition) is 2. The predicted molar refractivity (Wildman–Crippen MR) is 81.8 cm³/mol. The summed E-state index contributed by atoms with van der Waals surface area (Å²) < 4.78 is 5.27. The smallest absolute Gasteiger partial charge is 0.121 e. The highest BCUT2D eigenvalue weighted by Crippen LogP contribution is 2.19. The predicted octanol–water partition coefficient (Wildman–Crippen LogP) is 2.51. The van der Waals surface area contributed by atoms with Gasteiger partial charge in [0.05, 0.1) is 7.11 Å². The summed E-state index contributed by atoms with van der Waals surface area (Å²) >= 11 is 0. The molecule has 3 N–H and O–H groups in total. The fourth-order valence-corrected chi connectivity index (χ4v) is 2.23. The molecule has 3 heteroatoms. The molecule has 0 amide bonds. The lowest BCUT2D eigenvalue weighted by Gasteiger charge is -2.24. The van der Waals surface area contributed by atoms with Gasteiger partial charge in [0.15, 0.2) is 0 Å². The van der Waals surface area contributed by atoms with Crippen molar-refractivity contribution in [3.05, 3.63) is 29.3 Å². The van der Waals surface area contributed by atoms with Gasteiger partial charge in [-0.2, -0.15) is 0 Å². The minimum absolute atomic E-state index is 0.282. The van der Waals surface area contributed by atoms with Gasteiger partial charge in [-0.3, -0.25) is 0 Å². The number of nitrogens with one attached hydrogen (secondary N) is 1. The molecule has 0 aliphatic heterocycles. The van der Waals surface area contributed by atoms with E-state index in [-0.39, 0.29) is 5.41 Å². The van der Waals surface area contributed by atoms with E-state index in [1.54, 1.807) is 7.11 Å².